The van der Waals surface area contributed by atoms with Crippen LogP contribution in [0.3, 0.4) is 0 Å². The van der Waals surface area contributed by atoms with Crippen LogP contribution in [-0.4, -0.2) is 5.38 Å². The Bertz CT molecular complexity index is 230. The second kappa shape index (κ2) is 11.8. The molecule has 0 aliphatic rings. The largest absolute Gasteiger partial charge is 0.123 e. The molecule has 0 aromatic carbocycles. The minimum atomic E-state index is 0.364. The average Bonchev–Trinajstić information content (AvgIpc) is 2.29. The van der Waals surface area contributed by atoms with Crippen LogP contribution >= 0.6 is 11.6 Å². The lowest BCUT2D eigenvalue weighted by Gasteiger charge is -2.13. The molecule has 0 saturated heterocycles. The SMILES string of the molecule is CC/C=C/CC(C)/C=C/CC(C)CC(Cl)CCC. The van der Waals surface area contributed by atoms with E-state index in [2.05, 4.69) is 52.0 Å². The smallest absolute Gasteiger partial charge is 0.0338 e. The predicted molar refractivity (Wildman–Crippen MR) is 85.3 cm³/mol. The van der Waals surface area contributed by atoms with Gasteiger partial charge in [-0.15, -0.1) is 11.6 Å². The number of hydrogen-bond acceptors (Lipinski definition) is 0. The summed E-state index contributed by atoms with van der Waals surface area (Å²) in [6.45, 7) is 8.96. The Morgan fingerprint density at radius 2 is 1.72 bits per heavy atom. The molecular weight excluding hydrogens is 240 g/mol. The summed E-state index contributed by atoms with van der Waals surface area (Å²) in [5, 5.41) is 0.364. The topological polar surface area (TPSA) is 0 Å². The minimum absolute atomic E-state index is 0.364. The maximum Gasteiger partial charge on any atom is 0.0338 e. The summed E-state index contributed by atoms with van der Waals surface area (Å²) in [5.41, 5.74) is 0. The van der Waals surface area contributed by atoms with Crippen molar-refractivity contribution < 1.29 is 0 Å². The lowest BCUT2D eigenvalue weighted by Crippen LogP contribution is -2.05. The molecule has 0 aromatic heterocycles. The Labute approximate surface area is 120 Å². The van der Waals surface area contributed by atoms with E-state index in [4.69, 9.17) is 11.6 Å². The number of rotatable bonds is 10. The van der Waals surface area contributed by atoms with E-state index < -0.39 is 0 Å². The molecule has 0 amide bonds. The van der Waals surface area contributed by atoms with Crippen molar-refractivity contribution in [3.05, 3.63) is 24.3 Å². The summed E-state index contributed by atoms with van der Waals surface area (Å²) < 4.78 is 0. The van der Waals surface area contributed by atoms with Crippen molar-refractivity contribution in [3.8, 4) is 0 Å². The molecule has 0 spiro atoms. The van der Waals surface area contributed by atoms with E-state index in [1.54, 1.807) is 0 Å². The zero-order valence-corrected chi connectivity index (χ0v) is 13.4. The molecule has 3 atom stereocenters. The Kier molecular flexibility index (Phi) is 11.7. The summed E-state index contributed by atoms with van der Waals surface area (Å²) in [6, 6.07) is 0. The summed E-state index contributed by atoms with van der Waals surface area (Å²) in [6.07, 6.45) is 16.2. The van der Waals surface area contributed by atoms with Gasteiger partial charge in [0.2, 0.25) is 0 Å². The van der Waals surface area contributed by atoms with Crippen LogP contribution in [0.25, 0.3) is 0 Å². The van der Waals surface area contributed by atoms with Crippen molar-refractivity contribution in [1.29, 1.82) is 0 Å². The number of allylic oxidation sites excluding steroid dienone is 4. The van der Waals surface area contributed by atoms with E-state index >= 15 is 0 Å². The van der Waals surface area contributed by atoms with Gasteiger partial charge in [0.1, 0.15) is 0 Å². The second-order valence-corrected chi connectivity index (χ2v) is 6.10. The van der Waals surface area contributed by atoms with Crippen LogP contribution in [-0.2, 0) is 0 Å². The molecule has 0 fully saturated rings. The predicted octanol–water partition coefficient (Wildman–Crippen LogP) is 6.36. The summed E-state index contributed by atoms with van der Waals surface area (Å²) in [5.74, 6) is 1.36. The van der Waals surface area contributed by atoms with Crippen molar-refractivity contribution >= 4 is 11.6 Å². The van der Waals surface area contributed by atoms with Gasteiger partial charge < -0.3 is 0 Å². The summed E-state index contributed by atoms with van der Waals surface area (Å²) in [7, 11) is 0. The van der Waals surface area contributed by atoms with Crippen LogP contribution in [0.1, 0.15) is 66.2 Å². The molecule has 0 rings (SSSR count). The molecule has 0 heterocycles. The fourth-order valence-electron chi connectivity index (χ4n) is 2.06. The third-order valence-electron chi connectivity index (χ3n) is 3.17. The zero-order valence-electron chi connectivity index (χ0n) is 12.7. The highest BCUT2D eigenvalue weighted by Gasteiger charge is 2.08. The molecule has 0 N–H and O–H groups in total. The van der Waals surface area contributed by atoms with Crippen molar-refractivity contribution in [2.45, 2.75) is 71.6 Å². The van der Waals surface area contributed by atoms with E-state index in [0.29, 0.717) is 17.2 Å². The van der Waals surface area contributed by atoms with Gasteiger partial charge in [0, 0.05) is 5.38 Å². The van der Waals surface area contributed by atoms with Crippen LogP contribution < -0.4 is 0 Å². The molecule has 0 aliphatic heterocycles. The van der Waals surface area contributed by atoms with Crippen LogP contribution in [0.4, 0.5) is 0 Å². The molecule has 0 bridgehead atoms. The van der Waals surface area contributed by atoms with Gasteiger partial charge in [0.05, 0.1) is 0 Å². The van der Waals surface area contributed by atoms with Crippen LogP contribution in [0.2, 0.25) is 0 Å². The van der Waals surface area contributed by atoms with Gasteiger partial charge in [-0.2, -0.15) is 0 Å². The van der Waals surface area contributed by atoms with Gasteiger partial charge in [0.15, 0.2) is 0 Å². The zero-order chi connectivity index (χ0) is 13.8. The molecule has 3 unspecified atom stereocenters. The first-order chi connectivity index (χ1) is 8.60. The quantitative estimate of drug-likeness (QED) is 0.320. The molecule has 1 heteroatoms. The Morgan fingerprint density at radius 3 is 2.33 bits per heavy atom. The molecule has 0 aromatic rings. The van der Waals surface area contributed by atoms with Gasteiger partial charge in [-0.05, 0) is 43.9 Å². The van der Waals surface area contributed by atoms with Gasteiger partial charge in [0.25, 0.3) is 0 Å². The fourth-order valence-corrected chi connectivity index (χ4v) is 2.59. The van der Waals surface area contributed by atoms with Crippen molar-refractivity contribution in [1.82, 2.24) is 0 Å². The van der Waals surface area contributed by atoms with E-state index in [-0.39, 0.29) is 0 Å². The van der Waals surface area contributed by atoms with E-state index in [9.17, 15) is 0 Å². The molecule has 106 valence electrons. The van der Waals surface area contributed by atoms with E-state index in [1.807, 2.05) is 0 Å². The maximum atomic E-state index is 6.27. The van der Waals surface area contributed by atoms with Gasteiger partial charge in [-0.1, -0.05) is 58.4 Å². The fraction of sp³-hybridized carbons (Fsp3) is 0.765. The number of halogens is 1. The molecular formula is C17H31Cl. The van der Waals surface area contributed by atoms with E-state index in [0.717, 1.165) is 32.1 Å². The lowest BCUT2D eigenvalue weighted by atomic mass is 9.98. The Balaban J connectivity index is 3.75. The normalized spacial score (nSPS) is 17.4. The Morgan fingerprint density at radius 1 is 1.00 bits per heavy atom. The average molecular weight is 271 g/mol. The molecule has 0 saturated carbocycles. The summed E-state index contributed by atoms with van der Waals surface area (Å²) in [4.78, 5) is 0. The van der Waals surface area contributed by atoms with Gasteiger partial charge in [-0.3, -0.25) is 0 Å². The lowest BCUT2D eigenvalue weighted by molar-refractivity contribution is 0.505. The van der Waals surface area contributed by atoms with Gasteiger partial charge >= 0.3 is 0 Å². The number of hydrogen-bond donors (Lipinski definition) is 0. The standard InChI is InChI=1S/C17H31Cl/c1-5-7-8-11-15(3)12-9-13-16(4)14-17(18)10-6-2/h7-9,12,15-17H,5-6,10-11,13-14H2,1-4H3/b8-7+,12-9+. The Hall–Kier alpha value is -0.230. The van der Waals surface area contributed by atoms with Crippen LogP contribution in [0.5, 0.6) is 0 Å². The highest BCUT2D eigenvalue weighted by molar-refractivity contribution is 6.20. The molecule has 18 heavy (non-hydrogen) atoms. The first-order valence-electron chi connectivity index (χ1n) is 7.55. The highest BCUT2D eigenvalue weighted by atomic mass is 35.5. The summed E-state index contributed by atoms with van der Waals surface area (Å²) >= 11 is 6.27. The third kappa shape index (κ3) is 10.9. The van der Waals surface area contributed by atoms with Crippen molar-refractivity contribution in [2.75, 3.05) is 0 Å². The molecule has 0 aliphatic carbocycles. The number of alkyl halides is 1. The maximum absolute atomic E-state index is 6.27. The molecule has 0 radical (unpaired) electrons. The van der Waals surface area contributed by atoms with Crippen LogP contribution in [0.15, 0.2) is 24.3 Å². The first-order valence-corrected chi connectivity index (χ1v) is 7.99. The monoisotopic (exact) mass is 270 g/mol. The van der Waals surface area contributed by atoms with Crippen molar-refractivity contribution in [3.63, 3.8) is 0 Å². The highest BCUT2D eigenvalue weighted by Crippen LogP contribution is 2.19. The van der Waals surface area contributed by atoms with Crippen molar-refractivity contribution in [2.24, 2.45) is 11.8 Å². The van der Waals surface area contributed by atoms with Gasteiger partial charge in [-0.25, -0.2) is 0 Å². The first kappa shape index (κ1) is 17.8. The third-order valence-corrected chi connectivity index (χ3v) is 3.57. The molecule has 0 nitrogen and oxygen atoms in total. The van der Waals surface area contributed by atoms with Crippen LogP contribution in [0, 0.1) is 11.8 Å². The minimum Gasteiger partial charge on any atom is -0.123 e. The second-order valence-electron chi connectivity index (χ2n) is 5.48. The van der Waals surface area contributed by atoms with E-state index in [1.165, 1.54) is 6.42 Å².